The first-order valence-electron chi connectivity index (χ1n) is 6.41. The third-order valence-corrected chi connectivity index (χ3v) is 4.08. The summed E-state index contributed by atoms with van der Waals surface area (Å²) in [7, 11) is 0. The maximum absolute atomic E-state index is 13.2. The Kier molecular flexibility index (Phi) is 2.82. The second-order valence-electron chi connectivity index (χ2n) is 5.35. The van der Waals surface area contributed by atoms with Gasteiger partial charge in [0.25, 0.3) is 5.91 Å². The third-order valence-electron chi connectivity index (χ3n) is 4.08. The van der Waals surface area contributed by atoms with Crippen molar-refractivity contribution in [1.82, 2.24) is 10.2 Å². The lowest BCUT2D eigenvalue weighted by Crippen LogP contribution is -2.31. The quantitative estimate of drug-likeness (QED) is 0.815. The molecule has 2 aliphatic rings. The summed E-state index contributed by atoms with van der Waals surface area (Å²) in [5, 5.41) is 3.35. The van der Waals surface area contributed by atoms with E-state index >= 15 is 0 Å². The van der Waals surface area contributed by atoms with Crippen molar-refractivity contribution < 1.29 is 9.18 Å². The van der Waals surface area contributed by atoms with Crippen molar-refractivity contribution in [3.8, 4) is 0 Å². The van der Waals surface area contributed by atoms with Crippen LogP contribution in [-0.4, -0.2) is 37.0 Å². The number of likely N-dealkylation sites (tertiary alicyclic amines) is 1. The second-order valence-corrected chi connectivity index (χ2v) is 5.35. The maximum atomic E-state index is 13.2. The molecular weight excluding hydrogens is 231 g/mol. The van der Waals surface area contributed by atoms with E-state index in [-0.39, 0.29) is 11.7 Å². The molecule has 1 amide bonds. The molecule has 2 fully saturated rings. The standard InChI is InChI=1S/C14H17FN2O/c1-9-4-10(2-3-13(9)15)14(18)17-7-11-5-16-6-12(11)8-17/h2-4,11-12,16H,5-8H2,1H3. The molecule has 96 valence electrons. The second kappa shape index (κ2) is 4.35. The molecule has 2 saturated heterocycles. The third kappa shape index (κ3) is 1.90. The van der Waals surface area contributed by atoms with Crippen LogP contribution in [0.25, 0.3) is 0 Å². The highest BCUT2D eigenvalue weighted by atomic mass is 19.1. The van der Waals surface area contributed by atoms with Gasteiger partial charge in [-0.15, -0.1) is 0 Å². The van der Waals surface area contributed by atoms with Gasteiger partial charge >= 0.3 is 0 Å². The zero-order valence-corrected chi connectivity index (χ0v) is 10.4. The van der Waals surface area contributed by atoms with E-state index in [0.717, 1.165) is 26.2 Å². The number of carbonyl (C=O) groups is 1. The average molecular weight is 248 g/mol. The van der Waals surface area contributed by atoms with Crippen molar-refractivity contribution in [3.63, 3.8) is 0 Å². The summed E-state index contributed by atoms with van der Waals surface area (Å²) >= 11 is 0. The molecule has 0 bridgehead atoms. The molecule has 1 N–H and O–H groups in total. The van der Waals surface area contributed by atoms with Crippen molar-refractivity contribution in [1.29, 1.82) is 0 Å². The minimum Gasteiger partial charge on any atom is -0.338 e. The van der Waals surface area contributed by atoms with Crippen LogP contribution in [0.5, 0.6) is 0 Å². The predicted molar refractivity (Wildman–Crippen MR) is 66.9 cm³/mol. The Morgan fingerprint density at radius 3 is 2.61 bits per heavy atom. The number of amides is 1. The fraction of sp³-hybridized carbons (Fsp3) is 0.500. The van der Waals surface area contributed by atoms with Gasteiger partial charge in [0.2, 0.25) is 0 Å². The van der Waals surface area contributed by atoms with Gasteiger partial charge in [-0.1, -0.05) is 0 Å². The summed E-state index contributed by atoms with van der Waals surface area (Å²) in [6, 6.07) is 4.60. The molecule has 3 rings (SSSR count). The topological polar surface area (TPSA) is 32.3 Å². The van der Waals surface area contributed by atoms with Gasteiger partial charge in [0, 0.05) is 31.7 Å². The van der Waals surface area contributed by atoms with Gasteiger partial charge in [-0.3, -0.25) is 4.79 Å². The van der Waals surface area contributed by atoms with Gasteiger partial charge in [-0.25, -0.2) is 4.39 Å². The summed E-state index contributed by atoms with van der Waals surface area (Å²) in [5.74, 6) is 0.965. The van der Waals surface area contributed by atoms with Crippen molar-refractivity contribution >= 4 is 5.91 Å². The number of hydrogen-bond donors (Lipinski definition) is 1. The molecule has 18 heavy (non-hydrogen) atoms. The molecule has 3 nitrogen and oxygen atoms in total. The Bertz CT molecular complexity index is 477. The van der Waals surface area contributed by atoms with E-state index in [2.05, 4.69) is 5.32 Å². The van der Waals surface area contributed by atoms with E-state index < -0.39 is 0 Å². The highest BCUT2D eigenvalue weighted by Crippen LogP contribution is 2.27. The minimum atomic E-state index is -0.256. The lowest BCUT2D eigenvalue weighted by atomic mass is 10.0. The van der Waals surface area contributed by atoms with Crippen LogP contribution in [0.4, 0.5) is 4.39 Å². The summed E-state index contributed by atoms with van der Waals surface area (Å²) in [5.41, 5.74) is 1.13. The number of fused-ring (bicyclic) bond motifs is 1. The first-order chi connectivity index (χ1) is 8.65. The lowest BCUT2D eigenvalue weighted by molar-refractivity contribution is 0.0781. The highest BCUT2D eigenvalue weighted by Gasteiger charge is 2.38. The molecule has 1 aromatic rings. The molecule has 4 heteroatoms. The predicted octanol–water partition coefficient (Wildman–Crippen LogP) is 1.43. The highest BCUT2D eigenvalue weighted by molar-refractivity contribution is 5.94. The number of rotatable bonds is 1. The summed E-state index contributed by atoms with van der Waals surface area (Å²) in [6.45, 7) is 5.36. The van der Waals surface area contributed by atoms with Crippen molar-refractivity contribution in [2.45, 2.75) is 6.92 Å². The van der Waals surface area contributed by atoms with E-state index in [0.29, 0.717) is 23.0 Å². The fourth-order valence-electron chi connectivity index (χ4n) is 2.98. The van der Waals surface area contributed by atoms with E-state index in [1.807, 2.05) is 4.90 Å². The molecule has 0 aliphatic carbocycles. The first kappa shape index (κ1) is 11.7. The number of halogens is 1. The van der Waals surface area contributed by atoms with E-state index in [4.69, 9.17) is 0 Å². The summed E-state index contributed by atoms with van der Waals surface area (Å²) < 4.78 is 13.2. The van der Waals surface area contributed by atoms with Gasteiger partial charge in [-0.2, -0.15) is 0 Å². The smallest absolute Gasteiger partial charge is 0.253 e. The van der Waals surface area contributed by atoms with E-state index in [1.54, 1.807) is 19.1 Å². The lowest BCUT2D eigenvalue weighted by Gasteiger charge is -2.17. The molecule has 1 aromatic carbocycles. The van der Waals surface area contributed by atoms with Crippen LogP contribution in [-0.2, 0) is 0 Å². The summed E-state index contributed by atoms with van der Waals surface area (Å²) in [4.78, 5) is 14.2. The number of aryl methyl sites for hydroxylation is 1. The van der Waals surface area contributed by atoms with Crippen molar-refractivity contribution in [2.75, 3.05) is 26.2 Å². The number of nitrogens with zero attached hydrogens (tertiary/aromatic N) is 1. The molecule has 0 aromatic heterocycles. The average Bonchev–Trinajstić information content (AvgIpc) is 2.92. The molecule has 0 spiro atoms. The largest absolute Gasteiger partial charge is 0.338 e. The Balaban J connectivity index is 1.77. The van der Waals surface area contributed by atoms with Gasteiger partial charge in [0.05, 0.1) is 0 Å². The Hall–Kier alpha value is -1.42. The molecule has 0 saturated carbocycles. The zero-order valence-electron chi connectivity index (χ0n) is 10.4. The monoisotopic (exact) mass is 248 g/mol. The molecule has 2 atom stereocenters. The van der Waals surface area contributed by atoms with Gasteiger partial charge in [-0.05, 0) is 42.5 Å². The number of nitrogens with one attached hydrogen (secondary N) is 1. The zero-order chi connectivity index (χ0) is 12.7. The van der Waals surface area contributed by atoms with Crippen LogP contribution in [0.3, 0.4) is 0 Å². The summed E-state index contributed by atoms with van der Waals surface area (Å²) in [6.07, 6.45) is 0. The van der Waals surface area contributed by atoms with Crippen LogP contribution in [0.1, 0.15) is 15.9 Å². The fourth-order valence-corrected chi connectivity index (χ4v) is 2.98. The van der Waals surface area contributed by atoms with Gasteiger partial charge in [0.15, 0.2) is 0 Å². The Labute approximate surface area is 106 Å². The Morgan fingerprint density at radius 2 is 2.00 bits per heavy atom. The minimum absolute atomic E-state index is 0.0347. The Morgan fingerprint density at radius 1 is 1.33 bits per heavy atom. The van der Waals surface area contributed by atoms with Crippen LogP contribution >= 0.6 is 0 Å². The SMILES string of the molecule is Cc1cc(C(=O)N2CC3CNCC3C2)ccc1F. The number of carbonyl (C=O) groups excluding carboxylic acids is 1. The van der Waals surface area contributed by atoms with Crippen molar-refractivity contribution in [2.24, 2.45) is 11.8 Å². The maximum Gasteiger partial charge on any atom is 0.253 e. The van der Waals surface area contributed by atoms with Crippen LogP contribution in [0.2, 0.25) is 0 Å². The molecule has 2 aliphatic heterocycles. The number of hydrogen-bond acceptors (Lipinski definition) is 2. The van der Waals surface area contributed by atoms with Gasteiger partial charge < -0.3 is 10.2 Å². The molecule has 2 unspecified atom stereocenters. The van der Waals surface area contributed by atoms with E-state index in [1.165, 1.54) is 6.07 Å². The first-order valence-corrected chi connectivity index (χ1v) is 6.41. The van der Waals surface area contributed by atoms with Gasteiger partial charge in [0.1, 0.15) is 5.82 Å². The molecule has 2 heterocycles. The van der Waals surface area contributed by atoms with Crippen molar-refractivity contribution in [3.05, 3.63) is 35.1 Å². The van der Waals surface area contributed by atoms with Crippen LogP contribution in [0.15, 0.2) is 18.2 Å². The van der Waals surface area contributed by atoms with Crippen LogP contribution < -0.4 is 5.32 Å². The molecular formula is C14H17FN2O. The van der Waals surface area contributed by atoms with E-state index in [9.17, 15) is 9.18 Å². The normalized spacial score (nSPS) is 26.4. The molecule has 0 radical (unpaired) electrons. The number of benzene rings is 1. The van der Waals surface area contributed by atoms with Crippen LogP contribution in [0, 0.1) is 24.6 Å².